The van der Waals surface area contributed by atoms with E-state index in [4.69, 9.17) is 9.07 Å². The Bertz CT molecular complexity index is 292. The summed E-state index contributed by atoms with van der Waals surface area (Å²) < 4.78 is 1.13. The molecule has 0 aliphatic carbocycles. The molecule has 1 aromatic carbocycles. The number of halogens is 1. The molecule has 0 saturated carbocycles. The highest BCUT2D eigenvalue weighted by molar-refractivity contribution is 6.93. The van der Waals surface area contributed by atoms with Gasteiger partial charge in [0.2, 0.25) is 0 Å². The molecule has 68 valence electrons. The minimum absolute atomic E-state index is 0.387. The van der Waals surface area contributed by atoms with Gasteiger partial charge in [0.1, 0.15) is 0 Å². The lowest BCUT2D eigenvalue weighted by Crippen LogP contribution is -2.01. The van der Waals surface area contributed by atoms with Crippen LogP contribution in [0.15, 0.2) is 6.07 Å². The quantitative estimate of drug-likeness (QED) is 0.652. The van der Waals surface area contributed by atoms with Crippen molar-refractivity contribution in [3.63, 3.8) is 0 Å². The first-order valence-corrected chi connectivity index (χ1v) is 7.84. The number of aryl methyl sites for hydroxylation is 2. The van der Waals surface area contributed by atoms with Crippen LogP contribution in [-0.2, 0) is 4.55 Å². The Morgan fingerprint density at radius 3 is 1.92 bits per heavy atom. The van der Waals surface area contributed by atoms with Crippen LogP contribution in [0.2, 0.25) is 0 Å². The maximum Gasteiger partial charge on any atom is 0.505 e. The molecule has 13 heavy (non-hydrogen) atoms. The molecule has 0 nitrogen and oxygen atoms in total. The van der Waals surface area contributed by atoms with Crippen molar-refractivity contribution in [2.45, 2.75) is 32.2 Å². The molecular weight excluding hydrogens is 192 g/mol. The molecule has 2 heteroatoms. The van der Waals surface area contributed by atoms with E-state index in [2.05, 4.69) is 33.8 Å². The van der Waals surface area contributed by atoms with E-state index in [-0.39, 0.29) is 19.3 Å². The summed E-state index contributed by atoms with van der Waals surface area (Å²) in [5.41, 5.74) is 7.18. The molecule has 0 fully saturated rings. The van der Waals surface area contributed by atoms with Crippen molar-refractivity contribution in [1.29, 1.82) is 0 Å². The second-order valence-electron chi connectivity index (χ2n) is 3.68. The molecule has 0 radical (unpaired) electrons. The van der Waals surface area contributed by atoms with E-state index >= 15 is 0 Å². The molecule has 0 bridgehead atoms. The van der Waals surface area contributed by atoms with Crippen LogP contribution in [0.25, 0.3) is 0 Å². The van der Waals surface area contributed by atoms with Gasteiger partial charge in [-0.3, -0.25) is 0 Å². The van der Waals surface area contributed by atoms with Gasteiger partial charge in [-0.05, 0) is 49.9 Å². The van der Waals surface area contributed by atoms with Gasteiger partial charge in [-0.15, -0.1) is 0 Å². The van der Waals surface area contributed by atoms with Gasteiger partial charge >= 0.3 is 19.3 Å². The molecule has 0 unspecified atom stereocenters. The maximum atomic E-state index is 5.92. The van der Waals surface area contributed by atoms with E-state index in [1.165, 1.54) is 27.8 Å². The summed E-state index contributed by atoms with van der Waals surface area (Å²) in [6.45, 7) is 8.78. The lowest BCUT2D eigenvalue weighted by atomic mass is 9.95. The average Bonchev–Trinajstić information content (AvgIpc) is 2.09. The van der Waals surface area contributed by atoms with E-state index < -0.39 is 0 Å². The van der Waals surface area contributed by atoms with Crippen molar-refractivity contribution < 1.29 is 0 Å². The Hall–Kier alpha value is 0.276. The predicted molar refractivity (Wildman–Crippen MR) is 60.7 cm³/mol. The van der Waals surface area contributed by atoms with Gasteiger partial charge in [-0.2, -0.15) is 0 Å². The maximum absolute atomic E-state index is 5.92. The summed E-state index contributed by atoms with van der Waals surface area (Å²) in [5.74, 6) is 0. The Labute approximate surface area is 94.2 Å². The highest BCUT2D eigenvalue weighted by atomic mass is 35.5. The van der Waals surface area contributed by atoms with Crippen LogP contribution in [0.1, 0.15) is 27.8 Å². The molecule has 0 aromatic heterocycles. The van der Waals surface area contributed by atoms with Crippen LogP contribution < -0.4 is 0 Å². The van der Waals surface area contributed by atoms with Crippen molar-refractivity contribution in [2.24, 2.45) is 0 Å². The van der Waals surface area contributed by atoms with Crippen LogP contribution in [0.5, 0.6) is 0 Å². The van der Waals surface area contributed by atoms with E-state index in [1.807, 2.05) is 0 Å². The smallest absolute Gasteiger partial charge is 0.345 e. The highest BCUT2D eigenvalue weighted by Gasteiger charge is 2.08. The molecule has 1 rings (SSSR count). The molecule has 1 aromatic rings. The van der Waals surface area contributed by atoms with Gasteiger partial charge in [0.15, 0.2) is 0 Å². The molecule has 0 saturated heterocycles. The zero-order chi connectivity index (χ0) is 10.0. The van der Waals surface area contributed by atoms with Crippen LogP contribution in [0.4, 0.5) is 0 Å². The minimum atomic E-state index is -0.387. The Morgan fingerprint density at radius 2 is 1.54 bits per heavy atom. The molecular formula is C11H15ClMg. The molecule has 0 aliphatic rings. The standard InChI is InChI=1S/C11H15.ClH.Mg/c1-7-6-8(2)10(4)11(5)9(7)3;;/h6H,5H2,1-4H3;1H;/q;;+1/p-1. The number of rotatable bonds is 2. The second-order valence-corrected chi connectivity index (χ2v) is 5.69. The van der Waals surface area contributed by atoms with Crippen molar-refractivity contribution in [2.75, 3.05) is 0 Å². The van der Waals surface area contributed by atoms with Crippen molar-refractivity contribution in [1.82, 2.24) is 0 Å². The summed E-state index contributed by atoms with van der Waals surface area (Å²) >= 11 is -0.387. The summed E-state index contributed by atoms with van der Waals surface area (Å²) in [6, 6.07) is 2.27. The molecule has 0 N–H and O–H groups in total. The normalized spacial score (nSPS) is 9.92. The Kier molecular flexibility index (Phi) is 4.08. The Balaban J connectivity index is 3.28. The van der Waals surface area contributed by atoms with Crippen molar-refractivity contribution in [3.05, 3.63) is 33.9 Å². The van der Waals surface area contributed by atoms with Gasteiger partial charge < -0.3 is 9.07 Å². The molecule has 0 amide bonds. The van der Waals surface area contributed by atoms with Crippen LogP contribution in [0, 0.1) is 27.7 Å². The summed E-state index contributed by atoms with van der Waals surface area (Å²) in [7, 11) is 5.92. The third kappa shape index (κ3) is 2.39. The average molecular weight is 207 g/mol. The third-order valence-corrected chi connectivity index (χ3v) is 4.12. The van der Waals surface area contributed by atoms with Gasteiger partial charge in [0, 0.05) is 0 Å². The van der Waals surface area contributed by atoms with E-state index in [0.29, 0.717) is 0 Å². The first kappa shape index (κ1) is 11.4. The third-order valence-electron chi connectivity index (χ3n) is 2.87. The van der Waals surface area contributed by atoms with E-state index in [0.717, 1.165) is 4.55 Å². The summed E-state index contributed by atoms with van der Waals surface area (Å²) in [6.07, 6.45) is 0. The molecule has 0 aliphatic heterocycles. The fourth-order valence-corrected chi connectivity index (χ4v) is 3.27. The van der Waals surface area contributed by atoms with Crippen LogP contribution in [-0.4, -0.2) is 19.3 Å². The number of benzene rings is 1. The first-order valence-electron chi connectivity index (χ1n) is 4.70. The first-order chi connectivity index (χ1) is 6.07. The SMILES string of the molecule is Cc1cc(C)c(C)c([CH2][Mg][Cl])c1C. The molecule has 0 heterocycles. The zero-order valence-corrected chi connectivity index (χ0v) is 11.0. The molecule has 0 spiro atoms. The van der Waals surface area contributed by atoms with Gasteiger partial charge in [-0.1, -0.05) is 16.2 Å². The van der Waals surface area contributed by atoms with Gasteiger partial charge in [0.05, 0.1) is 0 Å². The van der Waals surface area contributed by atoms with Gasteiger partial charge in [-0.25, -0.2) is 0 Å². The largest absolute Gasteiger partial charge is 0.505 e. The minimum Gasteiger partial charge on any atom is -0.345 e. The summed E-state index contributed by atoms with van der Waals surface area (Å²) in [4.78, 5) is 0. The highest BCUT2D eigenvalue weighted by Crippen LogP contribution is 2.21. The monoisotopic (exact) mass is 206 g/mol. The lowest BCUT2D eigenvalue weighted by molar-refractivity contribution is 1.15. The lowest BCUT2D eigenvalue weighted by Gasteiger charge is -2.14. The fourth-order valence-electron chi connectivity index (χ4n) is 1.77. The van der Waals surface area contributed by atoms with Crippen molar-refractivity contribution >= 4 is 28.3 Å². The number of hydrogen-bond acceptors (Lipinski definition) is 0. The zero-order valence-electron chi connectivity index (χ0n) is 8.87. The topological polar surface area (TPSA) is 0 Å². The fraction of sp³-hybridized carbons (Fsp3) is 0.455. The molecule has 0 atom stereocenters. The van der Waals surface area contributed by atoms with E-state index in [1.54, 1.807) is 0 Å². The van der Waals surface area contributed by atoms with Gasteiger partial charge in [0.25, 0.3) is 0 Å². The predicted octanol–water partition coefficient (Wildman–Crippen LogP) is 3.28. The number of hydrogen-bond donors (Lipinski definition) is 0. The Morgan fingerprint density at radius 1 is 1.08 bits per heavy atom. The van der Waals surface area contributed by atoms with E-state index in [9.17, 15) is 0 Å². The second kappa shape index (κ2) is 4.67. The van der Waals surface area contributed by atoms with Crippen LogP contribution >= 0.6 is 9.07 Å². The summed E-state index contributed by atoms with van der Waals surface area (Å²) in [5, 5.41) is 0. The van der Waals surface area contributed by atoms with Crippen LogP contribution in [0.3, 0.4) is 0 Å². The van der Waals surface area contributed by atoms with Crippen molar-refractivity contribution in [3.8, 4) is 0 Å².